The van der Waals surface area contributed by atoms with Crippen LogP contribution in [0.15, 0.2) is 48.5 Å². The zero-order chi connectivity index (χ0) is 13.0. The lowest BCUT2D eigenvalue weighted by Gasteiger charge is -2.13. The molecule has 2 aromatic rings. The summed E-state index contributed by atoms with van der Waals surface area (Å²) in [5.74, 6) is 1.66. The van der Waals surface area contributed by atoms with Crippen LogP contribution in [0.5, 0.6) is 11.5 Å². The summed E-state index contributed by atoms with van der Waals surface area (Å²) < 4.78 is 5.84. The molecule has 0 radical (unpaired) electrons. The topological polar surface area (TPSA) is 29.5 Å². The van der Waals surface area contributed by atoms with Crippen LogP contribution in [0, 0.1) is 0 Å². The van der Waals surface area contributed by atoms with Crippen molar-refractivity contribution in [3.8, 4) is 11.5 Å². The maximum absolute atomic E-state index is 9.22. The van der Waals surface area contributed by atoms with Gasteiger partial charge in [-0.15, -0.1) is 0 Å². The monoisotopic (exact) mass is 242 g/mol. The summed E-state index contributed by atoms with van der Waals surface area (Å²) in [6.07, 6.45) is 0. The minimum absolute atomic E-state index is 0.279. The molecule has 0 amide bonds. The first-order valence-electron chi connectivity index (χ1n) is 6.16. The third-order valence-corrected chi connectivity index (χ3v) is 2.87. The lowest BCUT2D eigenvalue weighted by atomic mass is 10.0. The molecule has 0 atom stereocenters. The SMILES string of the molecule is CC(C)c1ccccc1OCc1ccc(O)cc1. The maximum Gasteiger partial charge on any atom is 0.123 e. The van der Waals surface area contributed by atoms with Gasteiger partial charge >= 0.3 is 0 Å². The predicted octanol–water partition coefficient (Wildman–Crippen LogP) is 4.09. The Balaban J connectivity index is 2.08. The van der Waals surface area contributed by atoms with Crippen LogP contribution >= 0.6 is 0 Å². The van der Waals surface area contributed by atoms with Gasteiger partial charge in [0.15, 0.2) is 0 Å². The van der Waals surface area contributed by atoms with Crippen LogP contribution in [-0.4, -0.2) is 5.11 Å². The molecule has 0 heterocycles. The average molecular weight is 242 g/mol. The fourth-order valence-corrected chi connectivity index (χ4v) is 1.84. The molecule has 0 aliphatic heterocycles. The van der Waals surface area contributed by atoms with Crippen LogP contribution < -0.4 is 4.74 Å². The van der Waals surface area contributed by atoms with Gasteiger partial charge in [-0.25, -0.2) is 0 Å². The van der Waals surface area contributed by atoms with Gasteiger partial charge in [-0.05, 0) is 35.2 Å². The van der Waals surface area contributed by atoms with E-state index in [2.05, 4.69) is 19.9 Å². The molecule has 2 rings (SSSR count). The highest BCUT2D eigenvalue weighted by Gasteiger charge is 2.06. The predicted molar refractivity (Wildman–Crippen MR) is 73.0 cm³/mol. The van der Waals surface area contributed by atoms with Gasteiger partial charge in [0.05, 0.1) is 0 Å². The van der Waals surface area contributed by atoms with E-state index in [0.29, 0.717) is 12.5 Å². The molecule has 0 aliphatic carbocycles. The van der Waals surface area contributed by atoms with Gasteiger partial charge in [0.25, 0.3) is 0 Å². The van der Waals surface area contributed by atoms with E-state index in [9.17, 15) is 5.11 Å². The minimum atomic E-state index is 0.279. The normalized spacial score (nSPS) is 10.6. The van der Waals surface area contributed by atoms with Gasteiger partial charge in [0, 0.05) is 0 Å². The summed E-state index contributed by atoms with van der Waals surface area (Å²) >= 11 is 0. The van der Waals surface area contributed by atoms with E-state index in [1.54, 1.807) is 12.1 Å². The van der Waals surface area contributed by atoms with Crippen LogP contribution in [0.1, 0.15) is 30.9 Å². The number of aromatic hydroxyl groups is 1. The van der Waals surface area contributed by atoms with Crippen molar-refractivity contribution >= 4 is 0 Å². The number of rotatable bonds is 4. The molecule has 94 valence electrons. The number of hydrogen-bond donors (Lipinski definition) is 1. The van der Waals surface area contributed by atoms with E-state index in [0.717, 1.165) is 11.3 Å². The Morgan fingerprint density at radius 3 is 2.33 bits per heavy atom. The highest BCUT2D eigenvalue weighted by Crippen LogP contribution is 2.26. The first-order chi connectivity index (χ1) is 8.66. The first kappa shape index (κ1) is 12.5. The summed E-state index contributed by atoms with van der Waals surface area (Å²) in [6, 6.07) is 15.2. The van der Waals surface area contributed by atoms with Crippen molar-refractivity contribution in [3.05, 3.63) is 59.7 Å². The van der Waals surface area contributed by atoms with Gasteiger partial charge in [0.1, 0.15) is 18.1 Å². The molecule has 2 heteroatoms. The molecule has 0 unspecified atom stereocenters. The number of hydrogen-bond acceptors (Lipinski definition) is 2. The van der Waals surface area contributed by atoms with Gasteiger partial charge in [0.2, 0.25) is 0 Å². The first-order valence-corrected chi connectivity index (χ1v) is 6.16. The highest BCUT2D eigenvalue weighted by atomic mass is 16.5. The molecule has 0 saturated carbocycles. The van der Waals surface area contributed by atoms with Gasteiger partial charge in [-0.3, -0.25) is 0 Å². The molecule has 0 bridgehead atoms. The number of ether oxygens (including phenoxy) is 1. The molecule has 18 heavy (non-hydrogen) atoms. The third-order valence-electron chi connectivity index (χ3n) is 2.87. The van der Waals surface area contributed by atoms with E-state index in [-0.39, 0.29) is 5.75 Å². The van der Waals surface area contributed by atoms with Crippen molar-refractivity contribution in [2.45, 2.75) is 26.4 Å². The Morgan fingerprint density at radius 1 is 1.00 bits per heavy atom. The fraction of sp³-hybridized carbons (Fsp3) is 0.250. The molecular weight excluding hydrogens is 224 g/mol. The van der Waals surface area contributed by atoms with E-state index in [1.807, 2.05) is 30.3 Å². The maximum atomic E-state index is 9.22. The van der Waals surface area contributed by atoms with Crippen molar-refractivity contribution in [2.24, 2.45) is 0 Å². The molecule has 0 saturated heterocycles. The Hall–Kier alpha value is -1.96. The molecule has 2 aromatic carbocycles. The Morgan fingerprint density at radius 2 is 1.67 bits per heavy atom. The van der Waals surface area contributed by atoms with Crippen molar-refractivity contribution in [2.75, 3.05) is 0 Å². The molecule has 1 N–H and O–H groups in total. The molecule has 0 aliphatic rings. The van der Waals surface area contributed by atoms with Crippen LogP contribution in [0.3, 0.4) is 0 Å². The lowest BCUT2D eigenvalue weighted by Crippen LogP contribution is -1.99. The van der Waals surface area contributed by atoms with Crippen molar-refractivity contribution in [1.29, 1.82) is 0 Å². The van der Waals surface area contributed by atoms with Crippen LogP contribution in [0.2, 0.25) is 0 Å². The summed E-state index contributed by atoms with van der Waals surface area (Å²) in [4.78, 5) is 0. The van der Waals surface area contributed by atoms with Crippen LogP contribution in [-0.2, 0) is 6.61 Å². The van der Waals surface area contributed by atoms with Crippen molar-refractivity contribution < 1.29 is 9.84 Å². The van der Waals surface area contributed by atoms with Crippen LogP contribution in [0.4, 0.5) is 0 Å². The minimum Gasteiger partial charge on any atom is -0.508 e. The zero-order valence-corrected chi connectivity index (χ0v) is 10.8. The van der Waals surface area contributed by atoms with E-state index in [4.69, 9.17) is 4.74 Å². The van der Waals surface area contributed by atoms with Gasteiger partial charge in [-0.1, -0.05) is 44.2 Å². The summed E-state index contributed by atoms with van der Waals surface area (Å²) in [5, 5.41) is 9.22. The van der Waals surface area contributed by atoms with Crippen molar-refractivity contribution in [1.82, 2.24) is 0 Å². The Labute approximate surface area is 108 Å². The molecular formula is C16H18O2. The number of para-hydroxylation sites is 1. The fourth-order valence-electron chi connectivity index (χ4n) is 1.84. The molecule has 2 nitrogen and oxygen atoms in total. The largest absolute Gasteiger partial charge is 0.508 e. The highest BCUT2D eigenvalue weighted by molar-refractivity contribution is 5.36. The van der Waals surface area contributed by atoms with Gasteiger partial charge in [-0.2, -0.15) is 0 Å². The second-order valence-electron chi connectivity index (χ2n) is 4.65. The smallest absolute Gasteiger partial charge is 0.123 e. The average Bonchev–Trinajstić information content (AvgIpc) is 2.38. The second kappa shape index (κ2) is 5.58. The summed E-state index contributed by atoms with van der Waals surface area (Å²) in [5.41, 5.74) is 2.27. The molecule has 0 fully saturated rings. The van der Waals surface area contributed by atoms with Gasteiger partial charge < -0.3 is 9.84 Å². The molecule has 0 spiro atoms. The zero-order valence-electron chi connectivity index (χ0n) is 10.8. The van der Waals surface area contributed by atoms with E-state index < -0.39 is 0 Å². The lowest BCUT2D eigenvalue weighted by molar-refractivity contribution is 0.301. The number of phenols is 1. The number of phenolic OH excluding ortho intramolecular Hbond substituents is 1. The Bertz CT molecular complexity index is 501. The number of benzene rings is 2. The van der Waals surface area contributed by atoms with E-state index >= 15 is 0 Å². The molecule has 0 aromatic heterocycles. The summed E-state index contributed by atoms with van der Waals surface area (Å²) in [6.45, 7) is 4.83. The third kappa shape index (κ3) is 3.04. The summed E-state index contributed by atoms with van der Waals surface area (Å²) in [7, 11) is 0. The van der Waals surface area contributed by atoms with E-state index in [1.165, 1.54) is 5.56 Å². The van der Waals surface area contributed by atoms with Crippen LogP contribution in [0.25, 0.3) is 0 Å². The standard InChI is InChI=1S/C16H18O2/c1-12(2)15-5-3-4-6-16(15)18-11-13-7-9-14(17)10-8-13/h3-10,12,17H,11H2,1-2H3. The second-order valence-corrected chi connectivity index (χ2v) is 4.65. The quantitative estimate of drug-likeness (QED) is 0.874. The Kier molecular flexibility index (Phi) is 3.88. The van der Waals surface area contributed by atoms with Crippen molar-refractivity contribution in [3.63, 3.8) is 0 Å².